The largest absolute Gasteiger partial charge is 0.496 e. The Hall–Kier alpha value is -3.15. The Morgan fingerprint density at radius 1 is 1.15 bits per heavy atom. The first-order valence-corrected chi connectivity index (χ1v) is 8.50. The number of benzene rings is 2. The van der Waals surface area contributed by atoms with Crippen LogP contribution in [0.1, 0.15) is 23.8 Å². The fraction of sp³-hybridized carbons (Fsp3) is 0.250. The molecule has 132 valence electrons. The number of hydrogen-bond acceptors (Lipinski definition) is 5. The van der Waals surface area contributed by atoms with Crippen LogP contribution in [0.2, 0.25) is 0 Å². The van der Waals surface area contributed by atoms with Crippen LogP contribution in [0.15, 0.2) is 52.9 Å². The molecule has 26 heavy (non-hydrogen) atoms. The Morgan fingerprint density at radius 2 is 1.92 bits per heavy atom. The zero-order valence-electron chi connectivity index (χ0n) is 14.6. The summed E-state index contributed by atoms with van der Waals surface area (Å²) < 4.78 is 10.8. The molecule has 1 fully saturated rings. The molecule has 4 rings (SSSR count). The van der Waals surface area contributed by atoms with E-state index in [1.165, 1.54) is 0 Å². The van der Waals surface area contributed by atoms with Crippen LogP contribution in [0.4, 0.5) is 5.69 Å². The summed E-state index contributed by atoms with van der Waals surface area (Å²) in [4.78, 5) is 12.5. The van der Waals surface area contributed by atoms with Crippen molar-refractivity contribution in [1.82, 2.24) is 10.2 Å². The number of rotatable bonds is 5. The topological polar surface area (TPSA) is 77.2 Å². The standard InChI is InChI=1S/C20H19N3O3/c1-12-22-23-20(26-12)13-7-9-14(10-8-13)21-19(24)17-11-16(17)15-5-3-4-6-18(15)25-2/h3-10,16-17H,11H2,1-2H3,(H,21,24)/t16-,17+/m1/s1. The maximum atomic E-state index is 12.5. The molecule has 2 aromatic carbocycles. The Morgan fingerprint density at radius 3 is 2.62 bits per heavy atom. The van der Waals surface area contributed by atoms with Crippen molar-refractivity contribution in [3.8, 4) is 17.2 Å². The monoisotopic (exact) mass is 349 g/mol. The van der Waals surface area contributed by atoms with Gasteiger partial charge in [-0.1, -0.05) is 18.2 Å². The van der Waals surface area contributed by atoms with Gasteiger partial charge in [0.1, 0.15) is 5.75 Å². The summed E-state index contributed by atoms with van der Waals surface area (Å²) in [5.41, 5.74) is 2.67. The quantitative estimate of drug-likeness (QED) is 0.758. The van der Waals surface area contributed by atoms with E-state index in [0.29, 0.717) is 11.8 Å². The van der Waals surface area contributed by atoms with Gasteiger partial charge in [-0.05, 0) is 48.2 Å². The van der Waals surface area contributed by atoms with Gasteiger partial charge in [0.25, 0.3) is 0 Å². The van der Waals surface area contributed by atoms with E-state index < -0.39 is 0 Å². The Labute approximate surface area is 151 Å². The molecule has 1 heterocycles. The van der Waals surface area contributed by atoms with Gasteiger partial charge in [-0.15, -0.1) is 10.2 Å². The van der Waals surface area contributed by atoms with Crippen LogP contribution in [0.25, 0.3) is 11.5 Å². The number of carbonyl (C=O) groups is 1. The maximum Gasteiger partial charge on any atom is 0.247 e. The van der Waals surface area contributed by atoms with Crippen LogP contribution >= 0.6 is 0 Å². The minimum Gasteiger partial charge on any atom is -0.496 e. The fourth-order valence-electron chi connectivity index (χ4n) is 3.15. The molecule has 2 atom stereocenters. The molecule has 1 aliphatic carbocycles. The third kappa shape index (κ3) is 3.18. The molecule has 1 saturated carbocycles. The predicted molar refractivity (Wildman–Crippen MR) is 96.9 cm³/mol. The lowest BCUT2D eigenvalue weighted by Crippen LogP contribution is -2.14. The molecule has 6 nitrogen and oxygen atoms in total. The van der Waals surface area contributed by atoms with Crippen molar-refractivity contribution in [2.75, 3.05) is 12.4 Å². The van der Waals surface area contributed by atoms with Crippen LogP contribution in [0.3, 0.4) is 0 Å². The van der Waals surface area contributed by atoms with E-state index in [9.17, 15) is 4.79 Å². The molecule has 0 saturated heterocycles. The lowest BCUT2D eigenvalue weighted by atomic mass is 10.1. The molecule has 0 radical (unpaired) electrons. The van der Waals surface area contributed by atoms with Crippen molar-refractivity contribution in [2.24, 2.45) is 5.92 Å². The van der Waals surface area contributed by atoms with Crippen LogP contribution < -0.4 is 10.1 Å². The van der Waals surface area contributed by atoms with Crippen molar-refractivity contribution in [1.29, 1.82) is 0 Å². The van der Waals surface area contributed by atoms with E-state index in [1.807, 2.05) is 48.5 Å². The van der Waals surface area contributed by atoms with E-state index >= 15 is 0 Å². The zero-order chi connectivity index (χ0) is 18.1. The molecule has 0 bridgehead atoms. The number of carbonyl (C=O) groups excluding carboxylic acids is 1. The minimum absolute atomic E-state index is 0.0235. The minimum atomic E-state index is -0.0235. The molecule has 0 unspecified atom stereocenters. The molecule has 1 aliphatic rings. The van der Waals surface area contributed by atoms with Gasteiger partial charge in [-0.3, -0.25) is 4.79 Å². The Bertz CT molecular complexity index is 933. The average Bonchev–Trinajstić information content (AvgIpc) is 3.36. The van der Waals surface area contributed by atoms with Crippen LogP contribution in [-0.4, -0.2) is 23.2 Å². The van der Waals surface area contributed by atoms with Crippen molar-refractivity contribution in [2.45, 2.75) is 19.3 Å². The second-order valence-corrected chi connectivity index (χ2v) is 6.38. The highest BCUT2D eigenvalue weighted by Crippen LogP contribution is 2.50. The second-order valence-electron chi connectivity index (χ2n) is 6.38. The van der Waals surface area contributed by atoms with Gasteiger partial charge < -0.3 is 14.5 Å². The number of amides is 1. The molecular weight excluding hydrogens is 330 g/mol. The average molecular weight is 349 g/mol. The van der Waals surface area contributed by atoms with Crippen LogP contribution in [-0.2, 0) is 4.79 Å². The summed E-state index contributed by atoms with van der Waals surface area (Å²) in [6.07, 6.45) is 0.839. The number of ether oxygens (including phenoxy) is 1. The number of hydrogen-bond donors (Lipinski definition) is 1. The van der Waals surface area contributed by atoms with Gasteiger partial charge in [0.05, 0.1) is 7.11 Å². The van der Waals surface area contributed by atoms with Gasteiger partial charge in [0, 0.05) is 24.1 Å². The number of para-hydroxylation sites is 1. The first kappa shape index (κ1) is 16.3. The zero-order valence-corrected chi connectivity index (χ0v) is 14.6. The number of aryl methyl sites for hydroxylation is 1. The number of methoxy groups -OCH3 is 1. The summed E-state index contributed by atoms with van der Waals surface area (Å²) >= 11 is 0. The number of nitrogens with zero attached hydrogens (tertiary/aromatic N) is 2. The molecule has 3 aromatic rings. The van der Waals surface area contributed by atoms with Crippen molar-refractivity contribution in [3.05, 3.63) is 60.0 Å². The van der Waals surface area contributed by atoms with Crippen LogP contribution in [0.5, 0.6) is 5.75 Å². The highest BCUT2D eigenvalue weighted by Gasteiger charge is 2.45. The summed E-state index contributed by atoms with van der Waals surface area (Å²) in [5.74, 6) is 2.05. The van der Waals surface area contributed by atoms with E-state index in [2.05, 4.69) is 15.5 Å². The predicted octanol–water partition coefficient (Wildman–Crippen LogP) is 3.80. The fourth-order valence-corrected chi connectivity index (χ4v) is 3.15. The van der Waals surface area contributed by atoms with Gasteiger partial charge >= 0.3 is 0 Å². The van der Waals surface area contributed by atoms with E-state index in [4.69, 9.17) is 9.15 Å². The van der Waals surface area contributed by atoms with Crippen molar-refractivity contribution >= 4 is 11.6 Å². The van der Waals surface area contributed by atoms with Gasteiger partial charge in [-0.25, -0.2) is 0 Å². The lowest BCUT2D eigenvalue weighted by molar-refractivity contribution is -0.117. The highest BCUT2D eigenvalue weighted by molar-refractivity contribution is 5.95. The molecule has 0 spiro atoms. The normalized spacial score (nSPS) is 18.4. The molecule has 1 N–H and O–H groups in total. The van der Waals surface area contributed by atoms with E-state index in [0.717, 1.165) is 29.0 Å². The third-order valence-electron chi connectivity index (χ3n) is 4.59. The molecule has 1 aromatic heterocycles. The Balaban J connectivity index is 1.41. The number of nitrogens with one attached hydrogen (secondary N) is 1. The van der Waals surface area contributed by atoms with Gasteiger partial charge in [0.2, 0.25) is 17.7 Å². The molecule has 6 heteroatoms. The molecular formula is C20H19N3O3. The number of aromatic nitrogens is 2. The maximum absolute atomic E-state index is 12.5. The first-order valence-electron chi connectivity index (χ1n) is 8.50. The van der Waals surface area contributed by atoms with Crippen molar-refractivity contribution < 1.29 is 13.9 Å². The summed E-state index contributed by atoms with van der Waals surface area (Å²) in [6, 6.07) is 15.3. The van der Waals surface area contributed by atoms with Gasteiger partial charge in [-0.2, -0.15) is 0 Å². The second kappa shape index (κ2) is 6.63. The third-order valence-corrected chi connectivity index (χ3v) is 4.59. The van der Waals surface area contributed by atoms with Crippen LogP contribution in [0, 0.1) is 12.8 Å². The van der Waals surface area contributed by atoms with Crippen molar-refractivity contribution in [3.63, 3.8) is 0 Å². The lowest BCUT2D eigenvalue weighted by Gasteiger charge is -2.08. The molecule has 1 amide bonds. The first-order chi connectivity index (χ1) is 12.7. The van der Waals surface area contributed by atoms with Gasteiger partial charge in [0.15, 0.2) is 0 Å². The molecule has 0 aliphatic heterocycles. The highest BCUT2D eigenvalue weighted by atomic mass is 16.5. The number of anilines is 1. The smallest absolute Gasteiger partial charge is 0.247 e. The van der Waals surface area contributed by atoms with E-state index in [1.54, 1.807) is 14.0 Å². The Kier molecular flexibility index (Phi) is 4.16. The van der Waals surface area contributed by atoms with E-state index in [-0.39, 0.29) is 17.7 Å². The summed E-state index contributed by atoms with van der Waals surface area (Å²) in [6.45, 7) is 1.75. The SMILES string of the molecule is COc1ccccc1[C@H]1C[C@@H]1C(=O)Nc1ccc(-c2nnc(C)o2)cc1. The summed E-state index contributed by atoms with van der Waals surface area (Å²) in [5, 5.41) is 10.8. The summed E-state index contributed by atoms with van der Waals surface area (Å²) in [7, 11) is 1.66.